The highest BCUT2D eigenvalue weighted by molar-refractivity contribution is 5.80. The fourth-order valence-corrected chi connectivity index (χ4v) is 1.62. The number of hydrogen-bond acceptors (Lipinski definition) is 3. The lowest BCUT2D eigenvalue weighted by Gasteiger charge is -2.18. The minimum absolute atomic E-state index is 0.221. The molecule has 1 unspecified atom stereocenters. The Morgan fingerprint density at radius 2 is 2.16 bits per heavy atom. The number of nitrogens with two attached hydrogens (primary N) is 1. The Kier molecular flexibility index (Phi) is 5.76. The van der Waals surface area contributed by atoms with Gasteiger partial charge in [-0.1, -0.05) is 13.0 Å². The molecule has 0 spiro atoms. The van der Waals surface area contributed by atoms with Crippen LogP contribution in [0.3, 0.4) is 0 Å². The van der Waals surface area contributed by atoms with E-state index in [0.717, 1.165) is 6.42 Å². The van der Waals surface area contributed by atoms with Gasteiger partial charge in [-0.3, -0.25) is 4.79 Å². The van der Waals surface area contributed by atoms with Crippen molar-refractivity contribution in [2.24, 2.45) is 5.73 Å². The normalized spacial score (nSPS) is 13.7. The van der Waals surface area contributed by atoms with Gasteiger partial charge in [-0.25, -0.2) is 4.39 Å². The van der Waals surface area contributed by atoms with E-state index in [-0.39, 0.29) is 11.9 Å². The van der Waals surface area contributed by atoms with Crippen molar-refractivity contribution < 1.29 is 13.9 Å². The average molecular weight is 268 g/mol. The van der Waals surface area contributed by atoms with Crippen LogP contribution in [0.5, 0.6) is 5.75 Å². The first kappa shape index (κ1) is 15.4. The van der Waals surface area contributed by atoms with E-state index < -0.39 is 11.9 Å². The summed E-state index contributed by atoms with van der Waals surface area (Å²) < 4.78 is 18.8. The molecule has 0 aliphatic heterocycles. The van der Waals surface area contributed by atoms with Crippen LogP contribution in [0, 0.1) is 5.82 Å². The van der Waals surface area contributed by atoms with Crippen LogP contribution >= 0.6 is 0 Å². The summed E-state index contributed by atoms with van der Waals surface area (Å²) in [6.07, 6.45) is 0.162. The largest absolute Gasteiger partial charge is 0.480 e. The van der Waals surface area contributed by atoms with E-state index in [2.05, 4.69) is 5.32 Å². The van der Waals surface area contributed by atoms with Crippen molar-refractivity contribution in [2.75, 3.05) is 6.54 Å². The highest BCUT2D eigenvalue weighted by atomic mass is 19.1. The molecule has 1 rings (SSSR count). The lowest BCUT2D eigenvalue weighted by molar-refractivity contribution is -0.127. The minimum Gasteiger partial charge on any atom is -0.480 e. The molecule has 0 saturated heterocycles. The number of ether oxygens (including phenoxy) is 1. The molecule has 106 valence electrons. The van der Waals surface area contributed by atoms with Crippen LogP contribution < -0.4 is 15.8 Å². The molecule has 2 atom stereocenters. The fraction of sp³-hybridized carbons (Fsp3) is 0.500. The second-order valence-corrected chi connectivity index (χ2v) is 4.52. The van der Waals surface area contributed by atoms with Crippen LogP contribution in [-0.4, -0.2) is 18.6 Å². The highest BCUT2D eigenvalue weighted by Crippen LogP contribution is 2.25. The maximum atomic E-state index is 13.2. The second kappa shape index (κ2) is 7.09. The molecular weight excluding hydrogens is 247 g/mol. The maximum absolute atomic E-state index is 13.2. The van der Waals surface area contributed by atoms with Crippen molar-refractivity contribution in [1.82, 2.24) is 5.32 Å². The maximum Gasteiger partial charge on any atom is 0.260 e. The van der Waals surface area contributed by atoms with Gasteiger partial charge < -0.3 is 15.8 Å². The van der Waals surface area contributed by atoms with Gasteiger partial charge in [0.05, 0.1) is 0 Å². The predicted octanol–water partition coefficient (Wildman–Crippen LogP) is 2.14. The quantitative estimate of drug-likeness (QED) is 0.830. The molecule has 3 N–H and O–H groups in total. The van der Waals surface area contributed by atoms with Crippen molar-refractivity contribution in [3.63, 3.8) is 0 Å². The topological polar surface area (TPSA) is 64.3 Å². The highest BCUT2D eigenvalue weighted by Gasteiger charge is 2.17. The van der Waals surface area contributed by atoms with Gasteiger partial charge in [0.15, 0.2) is 6.10 Å². The molecule has 19 heavy (non-hydrogen) atoms. The third kappa shape index (κ3) is 4.52. The number of carbonyl (C=O) groups excluding carboxylic acids is 1. The van der Waals surface area contributed by atoms with Gasteiger partial charge in [-0.05, 0) is 26.3 Å². The van der Waals surface area contributed by atoms with Gasteiger partial charge in [-0.15, -0.1) is 0 Å². The van der Waals surface area contributed by atoms with Crippen LogP contribution in [0.4, 0.5) is 4.39 Å². The summed E-state index contributed by atoms with van der Waals surface area (Å²) >= 11 is 0. The first-order valence-corrected chi connectivity index (χ1v) is 6.45. The minimum atomic E-state index is -0.689. The van der Waals surface area contributed by atoms with E-state index in [9.17, 15) is 9.18 Å². The van der Waals surface area contributed by atoms with Crippen LogP contribution in [-0.2, 0) is 4.79 Å². The van der Waals surface area contributed by atoms with Crippen LogP contribution in [0.1, 0.15) is 38.8 Å². The Bertz CT molecular complexity index is 435. The molecule has 0 radical (unpaired) electrons. The zero-order valence-electron chi connectivity index (χ0n) is 11.6. The molecule has 1 amide bonds. The molecule has 0 saturated carbocycles. The molecule has 0 heterocycles. The third-order valence-corrected chi connectivity index (χ3v) is 2.69. The Morgan fingerprint density at radius 3 is 2.74 bits per heavy atom. The molecule has 0 aliphatic rings. The predicted molar refractivity (Wildman–Crippen MR) is 72.4 cm³/mol. The van der Waals surface area contributed by atoms with Crippen molar-refractivity contribution in [3.05, 3.63) is 29.6 Å². The Hall–Kier alpha value is -1.62. The molecular formula is C14H21FN2O2. The lowest BCUT2D eigenvalue weighted by atomic mass is 10.1. The van der Waals surface area contributed by atoms with Crippen LogP contribution in [0.15, 0.2) is 18.2 Å². The summed E-state index contributed by atoms with van der Waals surface area (Å²) in [7, 11) is 0. The van der Waals surface area contributed by atoms with Gasteiger partial charge >= 0.3 is 0 Å². The van der Waals surface area contributed by atoms with E-state index in [1.165, 1.54) is 12.1 Å². The first-order valence-electron chi connectivity index (χ1n) is 6.45. The molecule has 0 bridgehead atoms. The van der Waals surface area contributed by atoms with E-state index in [1.54, 1.807) is 19.9 Å². The molecule has 1 aromatic rings. The third-order valence-electron chi connectivity index (χ3n) is 2.69. The van der Waals surface area contributed by atoms with Crippen LogP contribution in [0.2, 0.25) is 0 Å². The zero-order valence-corrected chi connectivity index (χ0v) is 11.6. The molecule has 1 aromatic carbocycles. The van der Waals surface area contributed by atoms with E-state index >= 15 is 0 Å². The number of benzene rings is 1. The monoisotopic (exact) mass is 268 g/mol. The van der Waals surface area contributed by atoms with Crippen molar-refractivity contribution in [1.29, 1.82) is 0 Å². The number of carbonyl (C=O) groups is 1. The SMILES string of the molecule is CCCNC(=O)C(C)Oc1cc(F)ccc1[C@@H](C)N. The fourth-order valence-electron chi connectivity index (χ4n) is 1.62. The van der Waals surface area contributed by atoms with Crippen molar-refractivity contribution in [3.8, 4) is 5.75 Å². The molecule has 0 aromatic heterocycles. The Balaban J connectivity index is 2.80. The molecule has 0 fully saturated rings. The number of rotatable bonds is 6. The molecule has 4 nitrogen and oxygen atoms in total. The summed E-state index contributed by atoms with van der Waals surface area (Å²) in [5.41, 5.74) is 6.47. The van der Waals surface area contributed by atoms with Gasteiger partial charge in [0.25, 0.3) is 5.91 Å². The van der Waals surface area contributed by atoms with E-state index in [1.807, 2.05) is 6.92 Å². The number of hydrogen-bond donors (Lipinski definition) is 2. The summed E-state index contributed by atoms with van der Waals surface area (Å²) in [5.74, 6) is -0.323. The summed E-state index contributed by atoms with van der Waals surface area (Å²) in [6.45, 7) is 5.96. The molecule has 0 aliphatic carbocycles. The van der Waals surface area contributed by atoms with E-state index in [0.29, 0.717) is 17.9 Å². The number of amides is 1. The van der Waals surface area contributed by atoms with Gasteiger partial charge in [0.1, 0.15) is 11.6 Å². The summed E-state index contributed by atoms with van der Waals surface area (Å²) in [4.78, 5) is 11.7. The van der Waals surface area contributed by atoms with Gasteiger partial charge in [0, 0.05) is 24.2 Å². The van der Waals surface area contributed by atoms with Gasteiger partial charge in [-0.2, -0.15) is 0 Å². The first-order chi connectivity index (χ1) is 8.95. The van der Waals surface area contributed by atoms with Crippen molar-refractivity contribution in [2.45, 2.75) is 39.3 Å². The lowest BCUT2D eigenvalue weighted by Crippen LogP contribution is -2.36. The van der Waals surface area contributed by atoms with Crippen molar-refractivity contribution >= 4 is 5.91 Å². The standard InChI is InChI=1S/C14H21FN2O2/c1-4-7-17-14(18)10(3)19-13-8-11(15)5-6-12(13)9(2)16/h5-6,8-10H,4,7,16H2,1-3H3,(H,17,18)/t9-,10?/m1/s1. The van der Waals surface area contributed by atoms with Crippen LogP contribution in [0.25, 0.3) is 0 Å². The molecule has 5 heteroatoms. The van der Waals surface area contributed by atoms with Gasteiger partial charge in [0.2, 0.25) is 0 Å². The Morgan fingerprint density at radius 1 is 1.47 bits per heavy atom. The number of halogens is 1. The summed E-state index contributed by atoms with van der Waals surface area (Å²) in [5, 5.41) is 2.73. The van der Waals surface area contributed by atoms with E-state index in [4.69, 9.17) is 10.5 Å². The average Bonchev–Trinajstić information content (AvgIpc) is 2.35. The summed E-state index contributed by atoms with van der Waals surface area (Å²) in [6, 6.07) is 3.86. The second-order valence-electron chi connectivity index (χ2n) is 4.52. The smallest absolute Gasteiger partial charge is 0.260 e. The zero-order chi connectivity index (χ0) is 14.4. The Labute approximate surface area is 113 Å². The number of nitrogens with one attached hydrogen (secondary N) is 1.